The van der Waals surface area contributed by atoms with E-state index in [0.29, 0.717) is 17.2 Å². The summed E-state index contributed by atoms with van der Waals surface area (Å²) in [7, 11) is 0. The maximum absolute atomic E-state index is 12.8. The van der Waals surface area contributed by atoms with E-state index in [-0.39, 0.29) is 12.2 Å². The lowest BCUT2D eigenvalue weighted by Crippen LogP contribution is -2.22. The number of alkyl halides is 3. The van der Waals surface area contributed by atoms with Crippen LogP contribution in [0.25, 0.3) is 0 Å². The normalized spacial score (nSPS) is 11.0. The predicted octanol–water partition coefficient (Wildman–Crippen LogP) is 5.55. The van der Waals surface area contributed by atoms with Crippen molar-refractivity contribution in [3.8, 4) is 11.5 Å². The molecule has 4 nitrogen and oxygen atoms in total. The Morgan fingerprint density at radius 1 is 0.893 bits per heavy atom. The molecule has 7 heteroatoms. The van der Waals surface area contributed by atoms with Gasteiger partial charge in [0, 0.05) is 5.69 Å². The lowest BCUT2D eigenvalue weighted by molar-refractivity contribution is -0.137. The molecule has 0 saturated heterocycles. The van der Waals surface area contributed by atoms with E-state index in [4.69, 9.17) is 4.74 Å². The Kier molecular flexibility index (Phi) is 5.84. The number of benzene rings is 3. The average Bonchev–Trinajstić information content (AvgIpc) is 2.68. The van der Waals surface area contributed by atoms with Gasteiger partial charge in [0.05, 0.1) is 17.8 Å². The van der Waals surface area contributed by atoms with E-state index >= 15 is 0 Å². The molecule has 3 rings (SSSR count). The number of hydrogen-bond donors (Lipinski definition) is 2. The molecule has 0 aliphatic carbocycles. The highest BCUT2D eigenvalue weighted by atomic mass is 19.4. The summed E-state index contributed by atoms with van der Waals surface area (Å²) in [4.78, 5) is 12.2. The largest absolute Gasteiger partial charge is 0.455 e. The van der Waals surface area contributed by atoms with E-state index in [0.717, 1.165) is 12.1 Å². The van der Waals surface area contributed by atoms with Gasteiger partial charge in [0.2, 0.25) is 5.91 Å². The summed E-state index contributed by atoms with van der Waals surface area (Å²) < 4.78 is 44.0. The van der Waals surface area contributed by atoms with Crippen LogP contribution in [0.4, 0.5) is 24.5 Å². The first-order valence-electron chi connectivity index (χ1n) is 8.45. The summed E-state index contributed by atoms with van der Waals surface area (Å²) in [6, 6.07) is 20.7. The Balaban J connectivity index is 1.63. The Morgan fingerprint density at radius 3 is 2.36 bits per heavy atom. The second kappa shape index (κ2) is 8.47. The minimum Gasteiger partial charge on any atom is -0.455 e. The predicted molar refractivity (Wildman–Crippen MR) is 102 cm³/mol. The topological polar surface area (TPSA) is 50.4 Å². The van der Waals surface area contributed by atoms with Crippen LogP contribution in [0.5, 0.6) is 11.5 Å². The maximum Gasteiger partial charge on any atom is 0.416 e. The van der Waals surface area contributed by atoms with E-state index in [1.807, 2.05) is 18.2 Å². The number of halogens is 3. The molecule has 0 aromatic heterocycles. The van der Waals surface area contributed by atoms with Crippen LogP contribution in [0.3, 0.4) is 0 Å². The zero-order valence-corrected chi connectivity index (χ0v) is 14.7. The van der Waals surface area contributed by atoms with Gasteiger partial charge in [-0.2, -0.15) is 13.2 Å². The molecule has 3 aromatic rings. The van der Waals surface area contributed by atoms with Crippen LogP contribution in [0.1, 0.15) is 5.56 Å². The van der Waals surface area contributed by atoms with Crippen molar-refractivity contribution >= 4 is 17.3 Å². The summed E-state index contributed by atoms with van der Waals surface area (Å²) in [5, 5.41) is 5.39. The number of carbonyl (C=O) groups is 1. The van der Waals surface area contributed by atoms with Crippen molar-refractivity contribution in [2.45, 2.75) is 6.18 Å². The summed E-state index contributed by atoms with van der Waals surface area (Å²) >= 11 is 0. The van der Waals surface area contributed by atoms with Crippen molar-refractivity contribution in [3.05, 3.63) is 84.4 Å². The summed E-state index contributed by atoms with van der Waals surface area (Å²) in [5.74, 6) is 0.661. The summed E-state index contributed by atoms with van der Waals surface area (Å²) in [6.45, 7) is -0.193. The molecule has 144 valence electrons. The van der Waals surface area contributed by atoms with Gasteiger partial charge in [-0.15, -0.1) is 0 Å². The number of carbonyl (C=O) groups excluding carboxylic acids is 1. The fourth-order valence-corrected chi connectivity index (χ4v) is 2.46. The lowest BCUT2D eigenvalue weighted by atomic mass is 10.2. The SMILES string of the molecule is O=C(CNc1cccc(C(F)(F)F)c1)Nc1ccccc1Oc1ccccc1. The Bertz CT molecular complexity index is 944. The van der Waals surface area contributed by atoms with Crippen molar-refractivity contribution < 1.29 is 22.7 Å². The van der Waals surface area contributed by atoms with Crippen molar-refractivity contribution in [2.75, 3.05) is 17.2 Å². The van der Waals surface area contributed by atoms with Crippen LogP contribution in [-0.2, 0) is 11.0 Å². The van der Waals surface area contributed by atoms with E-state index < -0.39 is 17.6 Å². The minimum atomic E-state index is -4.44. The second-order valence-electron chi connectivity index (χ2n) is 5.89. The highest BCUT2D eigenvalue weighted by molar-refractivity contribution is 5.95. The number of para-hydroxylation sites is 3. The van der Waals surface area contributed by atoms with Crippen molar-refractivity contribution in [2.24, 2.45) is 0 Å². The Hall–Kier alpha value is -3.48. The number of hydrogen-bond acceptors (Lipinski definition) is 3. The van der Waals surface area contributed by atoms with Crippen LogP contribution in [0, 0.1) is 0 Å². The van der Waals surface area contributed by atoms with Gasteiger partial charge in [0.15, 0.2) is 5.75 Å². The second-order valence-corrected chi connectivity index (χ2v) is 5.89. The maximum atomic E-state index is 12.8. The molecule has 0 fully saturated rings. The van der Waals surface area contributed by atoms with Gasteiger partial charge >= 0.3 is 6.18 Å². The van der Waals surface area contributed by atoms with Crippen molar-refractivity contribution in [1.82, 2.24) is 0 Å². The van der Waals surface area contributed by atoms with Gasteiger partial charge in [-0.3, -0.25) is 4.79 Å². The van der Waals surface area contributed by atoms with Gasteiger partial charge in [-0.1, -0.05) is 36.4 Å². The van der Waals surface area contributed by atoms with E-state index in [2.05, 4.69) is 10.6 Å². The molecule has 0 aliphatic heterocycles. The molecule has 0 saturated carbocycles. The molecule has 0 heterocycles. The van der Waals surface area contributed by atoms with Gasteiger partial charge < -0.3 is 15.4 Å². The van der Waals surface area contributed by atoms with E-state index in [9.17, 15) is 18.0 Å². The first-order valence-corrected chi connectivity index (χ1v) is 8.45. The monoisotopic (exact) mass is 386 g/mol. The molecule has 28 heavy (non-hydrogen) atoms. The fraction of sp³-hybridized carbons (Fsp3) is 0.0952. The number of amides is 1. The van der Waals surface area contributed by atoms with Crippen molar-refractivity contribution in [3.63, 3.8) is 0 Å². The van der Waals surface area contributed by atoms with E-state index in [1.165, 1.54) is 12.1 Å². The third-order valence-electron chi connectivity index (χ3n) is 3.78. The zero-order valence-electron chi connectivity index (χ0n) is 14.7. The molecule has 0 unspecified atom stereocenters. The molecule has 2 N–H and O–H groups in total. The van der Waals surface area contributed by atoms with Gasteiger partial charge in [-0.25, -0.2) is 0 Å². The molecule has 0 atom stereocenters. The highest BCUT2D eigenvalue weighted by Crippen LogP contribution is 2.31. The molecular formula is C21H17F3N2O2. The van der Waals surface area contributed by atoms with Crippen LogP contribution in [0.2, 0.25) is 0 Å². The van der Waals surface area contributed by atoms with Crippen LogP contribution >= 0.6 is 0 Å². The minimum absolute atomic E-state index is 0.193. The van der Waals surface area contributed by atoms with Crippen LogP contribution in [-0.4, -0.2) is 12.5 Å². The first-order chi connectivity index (χ1) is 13.4. The molecular weight excluding hydrogens is 369 g/mol. The van der Waals surface area contributed by atoms with Gasteiger partial charge in [0.25, 0.3) is 0 Å². The average molecular weight is 386 g/mol. The highest BCUT2D eigenvalue weighted by Gasteiger charge is 2.30. The van der Waals surface area contributed by atoms with E-state index in [1.54, 1.807) is 36.4 Å². The third kappa shape index (κ3) is 5.26. The van der Waals surface area contributed by atoms with Crippen LogP contribution in [0.15, 0.2) is 78.9 Å². The molecule has 0 radical (unpaired) electrons. The quantitative estimate of drug-likeness (QED) is 0.584. The molecule has 3 aromatic carbocycles. The van der Waals surface area contributed by atoms with Crippen molar-refractivity contribution in [1.29, 1.82) is 0 Å². The lowest BCUT2D eigenvalue weighted by Gasteiger charge is -2.13. The molecule has 0 bridgehead atoms. The Morgan fingerprint density at radius 2 is 1.61 bits per heavy atom. The molecule has 1 amide bonds. The molecule has 0 aliphatic rings. The number of rotatable bonds is 6. The first kappa shape index (κ1) is 19.3. The standard InChI is InChI=1S/C21H17F3N2O2/c22-21(23,24)15-7-6-8-16(13-15)25-14-20(27)26-18-11-4-5-12-19(18)28-17-9-2-1-3-10-17/h1-13,25H,14H2,(H,26,27). The fourth-order valence-electron chi connectivity index (χ4n) is 2.46. The number of ether oxygens (including phenoxy) is 1. The smallest absolute Gasteiger partial charge is 0.416 e. The van der Waals surface area contributed by atoms with Crippen LogP contribution < -0.4 is 15.4 Å². The Labute approximate surface area is 160 Å². The summed E-state index contributed by atoms with van der Waals surface area (Å²) in [6.07, 6.45) is -4.44. The number of anilines is 2. The third-order valence-corrected chi connectivity index (χ3v) is 3.78. The summed E-state index contributed by atoms with van der Waals surface area (Å²) in [5.41, 5.74) is -0.111. The zero-order chi connectivity index (χ0) is 20.0. The van der Waals surface area contributed by atoms with Gasteiger partial charge in [-0.05, 0) is 42.5 Å². The number of nitrogens with one attached hydrogen (secondary N) is 2. The van der Waals surface area contributed by atoms with Gasteiger partial charge in [0.1, 0.15) is 5.75 Å². The molecule has 0 spiro atoms.